The average Bonchev–Trinajstić information content (AvgIpc) is 2.29. The van der Waals surface area contributed by atoms with E-state index >= 15 is 0 Å². The van der Waals surface area contributed by atoms with Crippen LogP contribution < -0.4 is 10.1 Å². The number of aryl methyl sites for hydroxylation is 1. The first-order valence-electron chi connectivity index (χ1n) is 5.99. The lowest BCUT2D eigenvalue weighted by molar-refractivity contribution is 0.284. The van der Waals surface area contributed by atoms with Crippen LogP contribution in [-0.2, 0) is 0 Å². The zero-order valence-corrected chi connectivity index (χ0v) is 11.4. The Balaban J connectivity index is 2.53. The third-order valence-electron chi connectivity index (χ3n) is 2.89. The summed E-state index contributed by atoms with van der Waals surface area (Å²) in [5.41, 5.74) is 2.00. The van der Waals surface area contributed by atoms with Gasteiger partial charge < -0.3 is 15.0 Å². The zero-order chi connectivity index (χ0) is 12.8. The van der Waals surface area contributed by atoms with E-state index in [1.165, 1.54) is 0 Å². The Bertz CT molecular complexity index is 353. The van der Waals surface area contributed by atoms with Crippen molar-refractivity contribution in [3.05, 3.63) is 18.0 Å². The smallest absolute Gasteiger partial charge is 0.160 e. The highest BCUT2D eigenvalue weighted by Crippen LogP contribution is 2.22. The van der Waals surface area contributed by atoms with Gasteiger partial charge in [-0.3, -0.25) is 4.98 Å². The van der Waals surface area contributed by atoms with Gasteiger partial charge in [0.1, 0.15) is 0 Å². The molecule has 1 aromatic rings. The minimum atomic E-state index is 0.567. The largest absolute Gasteiger partial charge is 0.493 e. The summed E-state index contributed by atoms with van der Waals surface area (Å²) in [6, 6.07) is 2.58. The Hall–Kier alpha value is -1.29. The Morgan fingerprint density at radius 2 is 2.18 bits per heavy atom. The summed E-state index contributed by atoms with van der Waals surface area (Å²) < 4.78 is 5.27. The van der Waals surface area contributed by atoms with Gasteiger partial charge in [-0.05, 0) is 33.9 Å². The highest BCUT2D eigenvalue weighted by atomic mass is 16.5. The molecule has 0 saturated carbocycles. The van der Waals surface area contributed by atoms with Crippen molar-refractivity contribution in [1.29, 1.82) is 0 Å². The molecule has 0 bridgehead atoms. The lowest BCUT2D eigenvalue weighted by Gasteiger charge is -2.21. The molecule has 0 aromatic carbocycles. The third kappa shape index (κ3) is 4.23. The second kappa shape index (κ2) is 6.45. The van der Waals surface area contributed by atoms with Gasteiger partial charge in [-0.1, -0.05) is 0 Å². The fourth-order valence-electron chi connectivity index (χ4n) is 1.47. The normalized spacial score (nSPS) is 11.0. The Labute approximate surface area is 104 Å². The molecular formula is C13H23N3O. The maximum absolute atomic E-state index is 5.27. The van der Waals surface area contributed by atoms with Crippen molar-refractivity contribution >= 4 is 5.69 Å². The number of hydrogen-bond donors (Lipinski definition) is 1. The van der Waals surface area contributed by atoms with E-state index in [1.807, 2.05) is 13.0 Å². The molecule has 0 amide bonds. The molecule has 0 aliphatic rings. The quantitative estimate of drug-likeness (QED) is 0.822. The molecule has 0 unspecified atom stereocenters. The van der Waals surface area contributed by atoms with Gasteiger partial charge >= 0.3 is 0 Å². The zero-order valence-electron chi connectivity index (χ0n) is 11.4. The molecule has 4 nitrogen and oxygen atoms in total. The van der Waals surface area contributed by atoms with Crippen LogP contribution in [0.3, 0.4) is 0 Å². The summed E-state index contributed by atoms with van der Waals surface area (Å²) in [5.74, 6) is 0.794. The average molecular weight is 237 g/mol. The van der Waals surface area contributed by atoms with Crippen molar-refractivity contribution in [2.24, 2.45) is 0 Å². The second-order valence-corrected chi connectivity index (χ2v) is 4.53. The number of likely N-dealkylation sites (N-methyl/N-ethyl adjacent to an activating group) is 1. The number of nitrogens with one attached hydrogen (secondary N) is 1. The molecule has 0 aliphatic heterocycles. The van der Waals surface area contributed by atoms with Crippen LogP contribution in [0.15, 0.2) is 12.3 Å². The SMILES string of the molecule is COc1cnc(C)cc1NCCN(C)C(C)C. The minimum absolute atomic E-state index is 0.567. The number of ether oxygens (including phenoxy) is 1. The summed E-state index contributed by atoms with van der Waals surface area (Å²) in [5, 5.41) is 3.38. The maximum Gasteiger partial charge on any atom is 0.160 e. The predicted octanol–water partition coefficient (Wildman–Crippen LogP) is 2.15. The predicted molar refractivity (Wildman–Crippen MR) is 71.8 cm³/mol. The van der Waals surface area contributed by atoms with Gasteiger partial charge in [-0.2, -0.15) is 0 Å². The third-order valence-corrected chi connectivity index (χ3v) is 2.89. The van der Waals surface area contributed by atoms with Gasteiger partial charge in [0.25, 0.3) is 0 Å². The van der Waals surface area contributed by atoms with E-state index in [0.29, 0.717) is 6.04 Å². The fraction of sp³-hybridized carbons (Fsp3) is 0.615. The highest BCUT2D eigenvalue weighted by Gasteiger charge is 2.05. The van der Waals surface area contributed by atoms with Crippen molar-refractivity contribution < 1.29 is 4.74 Å². The van der Waals surface area contributed by atoms with Crippen molar-refractivity contribution in [2.45, 2.75) is 26.8 Å². The Morgan fingerprint density at radius 3 is 2.76 bits per heavy atom. The molecule has 0 spiro atoms. The summed E-state index contributed by atoms with van der Waals surface area (Å²) in [7, 11) is 3.79. The van der Waals surface area contributed by atoms with Crippen LogP contribution in [0.1, 0.15) is 19.5 Å². The number of methoxy groups -OCH3 is 1. The van der Waals surface area contributed by atoms with E-state index in [-0.39, 0.29) is 0 Å². The van der Waals surface area contributed by atoms with Crippen LogP contribution in [0.5, 0.6) is 5.75 Å². The first-order valence-corrected chi connectivity index (χ1v) is 5.99. The first kappa shape index (κ1) is 13.8. The van der Waals surface area contributed by atoms with E-state index in [2.05, 4.69) is 36.1 Å². The van der Waals surface area contributed by atoms with Crippen molar-refractivity contribution in [3.8, 4) is 5.75 Å². The lowest BCUT2D eigenvalue weighted by atomic mass is 10.3. The highest BCUT2D eigenvalue weighted by molar-refractivity contribution is 5.55. The van der Waals surface area contributed by atoms with E-state index in [1.54, 1.807) is 13.3 Å². The van der Waals surface area contributed by atoms with Crippen LogP contribution in [-0.4, -0.2) is 43.2 Å². The topological polar surface area (TPSA) is 37.4 Å². The lowest BCUT2D eigenvalue weighted by Crippen LogP contribution is -2.31. The van der Waals surface area contributed by atoms with Crippen LogP contribution in [0.4, 0.5) is 5.69 Å². The van der Waals surface area contributed by atoms with Gasteiger partial charge in [0, 0.05) is 24.8 Å². The van der Waals surface area contributed by atoms with Crippen molar-refractivity contribution in [1.82, 2.24) is 9.88 Å². The first-order chi connectivity index (χ1) is 8.04. The van der Waals surface area contributed by atoms with Gasteiger partial charge in [0.05, 0.1) is 19.0 Å². The number of pyridine rings is 1. The molecule has 1 heterocycles. The van der Waals surface area contributed by atoms with Crippen LogP contribution in [0.25, 0.3) is 0 Å². The van der Waals surface area contributed by atoms with Crippen molar-refractivity contribution in [3.63, 3.8) is 0 Å². The van der Waals surface area contributed by atoms with Crippen LogP contribution >= 0.6 is 0 Å². The summed E-state index contributed by atoms with van der Waals surface area (Å²) in [6.07, 6.45) is 1.75. The second-order valence-electron chi connectivity index (χ2n) is 4.53. The summed E-state index contributed by atoms with van der Waals surface area (Å²) >= 11 is 0. The molecule has 0 saturated heterocycles. The van der Waals surface area contributed by atoms with Gasteiger partial charge in [0.15, 0.2) is 5.75 Å². The number of hydrogen-bond acceptors (Lipinski definition) is 4. The molecule has 96 valence electrons. The minimum Gasteiger partial charge on any atom is -0.493 e. The molecule has 4 heteroatoms. The van der Waals surface area contributed by atoms with Crippen molar-refractivity contribution in [2.75, 3.05) is 32.6 Å². The summed E-state index contributed by atoms with van der Waals surface area (Å²) in [4.78, 5) is 6.51. The number of anilines is 1. The van der Waals surface area contributed by atoms with Gasteiger partial charge in [0.2, 0.25) is 0 Å². The molecule has 0 radical (unpaired) electrons. The molecular weight excluding hydrogens is 214 g/mol. The van der Waals surface area contributed by atoms with Crippen LogP contribution in [0, 0.1) is 6.92 Å². The number of rotatable bonds is 6. The molecule has 0 fully saturated rings. The van der Waals surface area contributed by atoms with Gasteiger partial charge in [-0.15, -0.1) is 0 Å². The van der Waals surface area contributed by atoms with Gasteiger partial charge in [-0.25, -0.2) is 0 Å². The van der Waals surface area contributed by atoms with Crippen LogP contribution in [0.2, 0.25) is 0 Å². The standard InChI is InChI=1S/C13H23N3O/c1-10(2)16(4)7-6-14-12-8-11(3)15-9-13(12)17-5/h8-10H,6-7H2,1-5H3,(H,14,15). The molecule has 1 N–H and O–H groups in total. The molecule has 1 aromatic heterocycles. The Kier molecular flexibility index (Phi) is 5.22. The number of aromatic nitrogens is 1. The summed E-state index contributed by atoms with van der Waals surface area (Å²) in [6.45, 7) is 8.26. The fourth-order valence-corrected chi connectivity index (χ4v) is 1.47. The molecule has 1 rings (SSSR count). The van der Waals surface area contributed by atoms with E-state index in [4.69, 9.17) is 4.74 Å². The molecule has 0 atom stereocenters. The van der Waals surface area contributed by atoms with E-state index < -0.39 is 0 Å². The Morgan fingerprint density at radius 1 is 1.47 bits per heavy atom. The molecule has 0 aliphatic carbocycles. The van der Waals surface area contributed by atoms with E-state index in [9.17, 15) is 0 Å². The number of nitrogens with zero attached hydrogens (tertiary/aromatic N) is 2. The monoisotopic (exact) mass is 237 g/mol. The van der Waals surface area contributed by atoms with E-state index in [0.717, 1.165) is 30.2 Å². The molecule has 17 heavy (non-hydrogen) atoms. The maximum atomic E-state index is 5.27.